The van der Waals surface area contributed by atoms with Gasteiger partial charge in [-0.25, -0.2) is 0 Å². The van der Waals surface area contributed by atoms with Crippen LogP contribution in [-0.4, -0.2) is 57.7 Å². The summed E-state index contributed by atoms with van der Waals surface area (Å²) in [7, 11) is 0. The Morgan fingerprint density at radius 2 is 1.77 bits per heavy atom. The third kappa shape index (κ3) is 4.11. The number of piperidine rings is 2. The van der Waals surface area contributed by atoms with Gasteiger partial charge in [0, 0.05) is 26.1 Å². The van der Waals surface area contributed by atoms with Crippen LogP contribution in [0.3, 0.4) is 0 Å². The highest BCUT2D eigenvalue weighted by Gasteiger charge is 2.45. The van der Waals surface area contributed by atoms with Gasteiger partial charge in [-0.15, -0.1) is 0 Å². The molecule has 9 heteroatoms. The van der Waals surface area contributed by atoms with Crippen molar-refractivity contribution >= 4 is 23.6 Å². The molecule has 2 saturated heterocycles. The molecule has 9 nitrogen and oxygen atoms in total. The van der Waals surface area contributed by atoms with Crippen LogP contribution in [0.25, 0.3) is 0 Å². The van der Waals surface area contributed by atoms with Gasteiger partial charge >= 0.3 is 0 Å². The van der Waals surface area contributed by atoms with Crippen LogP contribution in [0.15, 0.2) is 42.5 Å². The van der Waals surface area contributed by atoms with Crippen LogP contribution >= 0.6 is 0 Å². The Bertz CT molecular complexity index is 1290. The van der Waals surface area contributed by atoms with Crippen molar-refractivity contribution in [3.8, 4) is 6.07 Å². The van der Waals surface area contributed by atoms with E-state index in [0.717, 1.165) is 10.5 Å². The van der Waals surface area contributed by atoms with E-state index in [2.05, 4.69) is 16.3 Å². The van der Waals surface area contributed by atoms with E-state index in [-0.39, 0.29) is 24.0 Å². The highest BCUT2D eigenvalue weighted by molar-refractivity contribution is 6.23. The molecule has 0 aliphatic carbocycles. The van der Waals surface area contributed by atoms with Crippen LogP contribution in [0.4, 0.5) is 0 Å². The summed E-state index contributed by atoms with van der Waals surface area (Å²) in [5.74, 6) is -2.22. The number of fused-ring (bicyclic) bond motifs is 1. The van der Waals surface area contributed by atoms with E-state index in [1.54, 1.807) is 18.2 Å². The lowest BCUT2D eigenvalue weighted by Crippen LogP contribution is -2.54. The summed E-state index contributed by atoms with van der Waals surface area (Å²) in [5.41, 5.74) is 1.42. The molecule has 35 heavy (non-hydrogen) atoms. The first kappa shape index (κ1) is 22.9. The number of carbonyl (C=O) groups excluding carboxylic acids is 4. The summed E-state index contributed by atoms with van der Waals surface area (Å²) < 4.78 is 0. The average Bonchev–Trinajstić information content (AvgIpc) is 3.10. The van der Waals surface area contributed by atoms with Crippen molar-refractivity contribution in [3.05, 3.63) is 70.3 Å². The molecule has 178 valence electrons. The maximum absolute atomic E-state index is 13.1. The fraction of sp³-hybridized carbons (Fsp3) is 0.346. The average molecular weight is 473 g/mol. The molecule has 0 aromatic heterocycles. The van der Waals surface area contributed by atoms with Gasteiger partial charge in [-0.3, -0.25) is 34.3 Å². The lowest BCUT2D eigenvalue weighted by atomic mass is 9.83. The van der Waals surface area contributed by atoms with Gasteiger partial charge < -0.3 is 5.11 Å². The molecule has 1 atom stereocenters. The van der Waals surface area contributed by atoms with Crippen LogP contribution in [0.2, 0.25) is 0 Å². The van der Waals surface area contributed by atoms with E-state index in [0.29, 0.717) is 43.6 Å². The Kier molecular flexibility index (Phi) is 5.71. The second kappa shape index (κ2) is 8.73. The lowest BCUT2D eigenvalue weighted by Gasteiger charge is -2.38. The quantitative estimate of drug-likeness (QED) is 0.644. The SMILES string of the molecule is N#Cc1cccc(CN2CCC(O)(c3ccc4c(c3)C(=O)N(C3CCC(=O)NC3=O)C4=O)CC2)c1. The number of amides is 4. The molecule has 1 unspecified atom stereocenters. The summed E-state index contributed by atoms with van der Waals surface area (Å²) in [6, 6.07) is 13.3. The van der Waals surface area contributed by atoms with Crippen molar-refractivity contribution in [1.82, 2.24) is 15.1 Å². The fourth-order valence-corrected chi connectivity index (χ4v) is 5.13. The molecule has 3 aliphatic rings. The van der Waals surface area contributed by atoms with E-state index in [1.807, 2.05) is 18.2 Å². The molecule has 0 bridgehead atoms. The normalized spacial score (nSPS) is 22.1. The van der Waals surface area contributed by atoms with Gasteiger partial charge in [-0.1, -0.05) is 18.2 Å². The van der Waals surface area contributed by atoms with Crippen molar-refractivity contribution < 1.29 is 24.3 Å². The number of hydrogen-bond donors (Lipinski definition) is 2. The molecular formula is C26H24N4O5. The highest BCUT2D eigenvalue weighted by atomic mass is 16.3. The Labute approximate surface area is 201 Å². The van der Waals surface area contributed by atoms with Crippen molar-refractivity contribution in [2.24, 2.45) is 0 Å². The first-order chi connectivity index (χ1) is 16.8. The minimum Gasteiger partial charge on any atom is -0.385 e. The summed E-state index contributed by atoms with van der Waals surface area (Å²) in [6.45, 7) is 1.92. The van der Waals surface area contributed by atoms with Gasteiger partial charge in [0.25, 0.3) is 11.8 Å². The maximum Gasteiger partial charge on any atom is 0.262 e. The van der Waals surface area contributed by atoms with Crippen LogP contribution in [-0.2, 0) is 21.7 Å². The van der Waals surface area contributed by atoms with E-state index >= 15 is 0 Å². The zero-order valence-electron chi connectivity index (χ0n) is 19.0. The number of nitrogens with one attached hydrogen (secondary N) is 1. The van der Waals surface area contributed by atoms with Crippen LogP contribution in [0, 0.1) is 11.3 Å². The van der Waals surface area contributed by atoms with Crippen LogP contribution in [0.5, 0.6) is 0 Å². The van der Waals surface area contributed by atoms with Crippen molar-refractivity contribution in [2.75, 3.05) is 13.1 Å². The van der Waals surface area contributed by atoms with Gasteiger partial charge in [0.15, 0.2) is 0 Å². The zero-order chi connectivity index (χ0) is 24.7. The van der Waals surface area contributed by atoms with Gasteiger partial charge in [0.1, 0.15) is 6.04 Å². The van der Waals surface area contributed by atoms with Crippen molar-refractivity contribution in [3.63, 3.8) is 0 Å². The third-order valence-corrected chi connectivity index (χ3v) is 7.12. The van der Waals surface area contributed by atoms with Gasteiger partial charge in [-0.05, 0) is 54.7 Å². The predicted molar refractivity (Wildman–Crippen MR) is 123 cm³/mol. The number of benzene rings is 2. The fourth-order valence-electron chi connectivity index (χ4n) is 5.13. The standard InChI is InChI=1S/C26H24N4O5/c27-14-16-2-1-3-17(12-16)15-29-10-8-26(35,9-11-29)18-4-5-19-20(13-18)25(34)30(24(19)33)21-6-7-22(31)28-23(21)32/h1-5,12-13,21,35H,6-11,15H2,(H,28,31,32). The second-order valence-corrected chi connectivity index (χ2v) is 9.33. The van der Waals surface area contributed by atoms with Crippen molar-refractivity contribution in [1.29, 1.82) is 5.26 Å². The number of carbonyl (C=O) groups is 4. The molecule has 2 N–H and O–H groups in total. The molecular weight excluding hydrogens is 448 g/mol. The van der Waals surface area contributed by atoms with Crippen LogP contribution < -0.4 is 5.32 Å². The number of aliphatic hydroxyl groups is 1. The number of nitrogens with zero attached hydrogens (tertiary/aromatic N) is 3. The Hall–Kier alpha value is -3.87. The van der Waals surface area contributed by atoms with E-state index < -0.39 is 35.3 Å². The Morgan fingerprint density at radius 1 is 1.03 bits per heavy atom. The smallest absolute Gasteiger partial charge is 0.262 e. The molecule has 3 aliphatic heterocycles. The molecule has 0 spiro atoms. The molecule has 2 aromatic rings. The minimum atomic E-state index is -1.15. The number of nitriles is 1. The highest BCUT2D eigenvalue weighted by Crippen LogP contribution is 2.36. The Morgan fingerprint density at radius 3 is 2.49 bits per heavy atom. The monoisotopic (exact) mass is 472 g/mol. The maximum atomic E-state index is 13.1. The lowest BCUT2D eigenvalue weighted by molar-refractivity contribution is -0.136. The number of likely N-dealkylation sites (tertiary alicyclic amines) is 1. The van der Waals surface area contributed by atoms with Crippen molar-refractivity contribution in [2.45, 2.75) is 43.9 Å². The van der Waals surface area contributed by atoms with Gasteiger partial charge in [0.05, 0.1) is 28.4 Å². The van der Waals surface area contributed by atoms with Gasteiger partial charge in [-0.2, -0.15) is 5.26 Å². The summed E-state index contributed by atoms with van der Waals surface area (Å²) in [6.07, 6.45) is 1.05. The van der Waals surface area contributed by atoms with E-state index in [1.165, 1.54) is 6.07 Å². The van der Waals surface area contributed by atoms with Gasteiger partial charge in [0.2, 0.25) is 11.8 Å². The first-order valence-electron chi connectivity index (χ1n) is 11.6. The molecule has 3 heterocycles. The molecule has 5 rings (SSSR count). The zero-order valence-corrected chi connectivity index (χ0v) is 19.0. The second-order valence-electron chi connectivity index (χ2n) is 9.33. The number of rotatable bonds is 4. The largest absolute Gasteiger partial charge is 0.385 e. The summed E-state index contributed by atoms with van der Waals surface area (Å²) in [5, 5.41) is 22.7. The number of imide groups is 2. The summed E-state index contributed by atoms with van der Waals surface area (Å²) in [4.78, 5) is 52.9. The molecule has 4 amide bonds. The first-order valence-corrected chi connectivity index (χ1v) is 11.6. The third-order valence-electron chi connectivity index (χ3n) is 7.12. The van der Waals surface area contributed by atoms with E-state index in [4.69, 9.17) is 5.26 Å². The van der Waals surface area contributed by atoms with E-state index in [9.17, 15) is 24.3 Å². The topological polar surface area (TPSA) is 131 Å². The molecule has 0 saturated carbocycles. The predicted octanol–water partition coefficient (Wildman–Crippen LogP) is 1.44. The molecule has 2 fully saturated rings. The minimum absolute atomic E-state index is 0.0616. The number of hydrogen-bond acceptors (Lipinski definition) is 7. The molecule has 0 radical (unpaired) electrons. The summed E-state index contributed by atoms with van der Waals surface area (Å²) >= 11 is 0. The Balaban J connectivity index is 1.30. The van der Waals surface area contributed by atoms with Crippen LogP contribution in [0.1, 0.15) is 63.1 Å². The molecule has 2 aromatic carbocycles.